The third kappa shape index (κ3) is 2.29. The van der Waals surface area contributed by atoms with Gasteiger partial charge in [-0.3, -0.25) is 0 Å². The molecule has 0 atom stereocenters. The lowest BCUT2D eigenvalue weighted by Crippen LogP contribution is -1.91. The van der Waals surface area contributed by atoms with E-state index in [2.05, 4.69) is 20.9 Å². The van der Waals surface area contributed by atoms with E-state index in [1.54, 1.807) is 14.2 Å². The molecular formula is C12H12BrNO3. The van der Waals surface area contributed by atoms with Crippen molar-refractivity contribution >= 4 is 15.9 Å². The zero-order valence-corrected chi connectivity index (χ0v) is 11.2. The molecule has 1 aromatic carbocycles. The summed E-state index contributed by atoms with van der Waals surface area (Å²) in [5.41, 5.74) is 1.77. The Morgan fingerprint density at radius 3 is 2.65 bits per heavy atom. The number of hydrogen-bond donors (Lipinski definition) is 0. The molecule has 0 spiro atoms. The fourth-order valence-electron chi connectivity index (χ4n) is 1.58. The molecule has 4 nitrogen and oxygen atoms in total. The lowest BCUT2D eigenvalue weighted by atomic mass is 10.1. The first-order chi connectivity index (χ1) is 8.30. The third-order valence-electron chi connectivity index (χ3n) is 2.41. The quantitative estimate of drug-likeness (QED) is 0.813. The van der Waals surface area contributed by atoms with E-state index in [1.807, 2.05) is 18.2 Å². The summed E-state index contributed by atoms with van der Waals surface area (Å²) in [5.74, 6) is 2.10. The van der Waals surface area contributed by atoms with Crippen molar-refractivity contribution < 1.29 is 13.9 Å². The van der Waals surface area contributed by atoms with Gasteiger partial charge in [0.05, 0.1) is 19.9 Å². The van der Waals surface area contributed by atoms with Crippen molar-refractivity contribution in [2.75, 3.05) is 14.2 Å². The SMILES string of the molecule is COc1ccc(-c2ocnc2CBr)cc1OC. The van der Waals surface area contributed by atoms with Gasteiger partial charge in [-0.25, -0.2) is 4.98 Å². The monoisotopic (exact) mass is 297 g/mol. The van der Waals surface area contributed by atoms with Crippen LogP contribution in [0.5, 0.6) is 11.5 Å². The number of aromatic nitrogens is 1. The Morgan fingerprint density at radius 1 is 1.24 bits per heavy atom. The van der Waals surface area contributed by atoms with E-state index >= 15 is 0 Å². The molecule has 0 fully saturated rings. The van der Waals surface area contributed by atoms with Crippen LogP contribution in [0.1, 0.15) is 5.69 Å². The number of hydrogen-bond acceptors (Lipinski definition) is 4. The fraction of sp³-hybridized carbons (Fsp3) is 0.250. The highest BCUT2D eigenvalue weighted by Gasteiger charge is 2.12. The molecule has 0 aliphatic carbocycles. The van der Waals surface area contributed by atoms with Crippen molar-refractivity contribution in [2.45, 2.75) is 5.33 Å². The van der Waals surface area contributed by atoms with Gasteiger partial charge in [-0.05, 0) is 18.2 Å². The van der Waals surface area contributed by atoms with Crippen LogP contribution >= 0.6 is 15.9 Å². The normalized spacial score (nSPS) is 10.3. The number of methoxy groups -OCH3 is 2. The summed E-state index contributed by atoms with van der Waals surface area (Å²) in [4.78, 5) is 4.12. The van der Waals surface area contributed by atoms with Crippen LogP contribution in [0.4, 0.5) is 0 Å². The minimum atomic E-state index is 0.646. The molecule has 2 aromatic rings. The summed E-state index contributed by atoms with van der Waals surface area (Å²) in [5, 5.41) is 0.646. The van der Waals surface area contributed by atoms with E-state index in [9.17, 15) is 0 Å². The Hall–Kier alpha value is -1.49. The van der Waals surface area contributed by atoms with Crippen LogP contribution in [-0.2, 0) is 5.33 Å². The molecule has 1 heterocycles. The maximum atomic E-state index is 5.38. The van der Waals surface area contributed by atoms with Gasteiger partial charge < -0.3 is 13.9 Å². The molecular weight excluding hydrogens is 286 g/mol. The van der Waals surface area contributed by atoms with Gasteiger partial charge in [0.15, 0.2) is 23.7 Å². The second kappa shape index (κ2) is 5.23. The number of rotatable bonds is 4. The first-order valence-corrected chi connectivity index (χ1v) is 6.13. The Bertz CT molecular complexity index is 510. The average Bonchev–Trinajstić information content (AvgIpc) is 2.86. The topological polar surface area (TPSA) is 44.5 Å². The Labute approximate surface area is 108 Å². The summed E-state index contributed by atoms with van der Waals surface area (Å²) in [6, 6.07) is 5.62. The molecule has 0 bridgehead atoms. The van der Waals surface area contributed by atoms with Crippen LogP contribution in [0.25, 0.3) is 11.3 Å². The molecule has 0 unspecified atom stereocenters. The Morgan fingerprint density at radius 2 is 2.00 bits per heavy atom. The zero-order chi connectivity index (χ0) is 12.3. The van der Waals surface area contributed by atoms with Crippen molar-refractivity contribution in [1.29, 1.82) is 0 Å². The predicted molar refractivity (Wildman–Crippen MR) is 67.7 cm³/mol. The zero-order valence-electron chi connectivity index (χ0n) is 9.57. The molecule has 0 saturated heterocycles. The van der Waals surface area contributed by atoms with Gasteiger partial charge in [0, 0.05) is 10.9 Å². The van der Waals surface area contributed by atoms with E-state index < -0.39 is 0 Å². The van der Waals surface area contributed by atoms with Crippen LogP contribution in [0.15, 0.2) is 29.0 Å². The van der Waals surface area contributed by atoms with Crippen molar-refractivity contribution in [3.63, 3.8) is 0 Å². The van der Waals surface area contributed by atoms with Crippen LogP contribution in [0, 0.1) is 0 Å². The highest BCUT2D eigenvalue weighted by molar-refractivity contribution is 9.08. The molecule has 17 heavy (non-hydrogen) atoms. The van der Waals surface area contributed by atoms with Gasteiger partial charge in [-0.1, -0.05) is 15.9 Å². The molecule has 0 N–H and O–H groups in total. The number of oxazole rings is 1. The number of alkyl halides is 1. The van der Waals surface area contributed by atoms with Gasteiger partial charge in [-0.2, -0.15) is 0 Å². The molecule has 2 rings (SSSR count). The number of halogens is 1. The molecule has 90 valence electrons. The van der Waals surface area contributed by atoms with Crippen LogP contribution in [-0.4, -0.2) is 19.2 Å². The summed E-state index contributed by atoms with van der Waals surface area (Å²) in [7, 11) is 3.21. The van der Waals surface area contributed by atoms with Gasteiger partial charge in [0.1, 0.15) is 0 Å². The van der Waals surface area contributed by atoms with E-state index in [-0.39, 0.29) is 0 Å². The molecule has 0 radical (unpaired) electrons. The summed E-state index contributed by atoms with van der Waals surface area (Å²) in [6.45, 7) is 0. The van der Waals surface area contributed by atoms with E-state index in [4.69, 9.17) is 13.9 Å². The smallest absolute Gasteiger partial charge is 0.181 e. The third-order valence-corrected chi connectivity index (χ3v) is 2.94. The fourth-order valence-corrected chi connectivity index (χ4v) is 1.98. The molecule has 1 aromatic heterocycles. The number of nitrogens with zero attached hydrogens (tertiary/aromatic N) is 1. The van der Waals surface area contributed by atoms with Crippen molar-refractivity contribution in [1.82, 2.24) is 4.98 Å². The predicted octanol–water partition coefficient (Wildman–Crippen LogP) is 3.25. The first-order valence-electron chi connectivity index (χ1n) is 5.01. The molecule has 0 aliphatic rings. The van der Waals surface area contributed by atoms with Gasteiger partial charge in [0.2, 0.25) is 0 Å². The largest absolute Gasteiger partial charge is 0.493 e. The highest BCUT2D eigenvalue weighted by Crippen LogP contribution is 2.33. The minimum Gasteiger partial charge on any atom is -0.493 e. The lowest BCUT2D eigenvalue weighted by Gasteiger charge is -2.08. The summed E-state index contributed by atoms with van der Waals surface area (Å²) < 4.78 is 15.8. The maximum Gasteiger partial charge on any atom is 0.181 e. The second-order valence-corrected chi connectivity index (χ2v) is 3.89. The van der Waals surface area contributed by atoms with Crippen LogP contribution in [0.2, 0.25) is 0 Å². The van der Waals surface area contributed by atoms with Crippen molar-refractivity contribution in [3.8, 4) is 22.8 Å². The Kier molecular flexibility index (Phi) is 3.68. The molecule has 5 heteroatoms. The summed E-state index contributed by atoms with van der Waals surface area (Å²) in [6.07, 6.45) is 1.43. The molecule has 0 aliphatic heterocycles. The van der Waals surface area contributed by atoms with E-state index in [0.29, 0.717) is 16.8 Å². The van der Waals surface area contributed by atoms with Crippen molar-refractivity contribution in [3.05, 3.63) is 30.3 Å². The van der Waals surface area contributed by atoms with Crippen LogP contribution in [0.3, 0.4) is 0 Å². The summed E-state index contributed by atoms with van der Waals surface area (Å²) >= 11 is 3.37. The van der Waals surface area contributed by atoms with Crippen molar-refractivity contribution in [2.24, 2.45) is 0 Å². The van der Waals surface area contributed by atoms with Gasteiger partial charge in [-0.15, -0.1) is 0 Å². The van der Waals surface area contributed by atoms with Gasteiger partial charge in [0.25, 0.3) is 0 Å². The van der Waals surface area contributed by atoms with E-state index in [0.717, 1.165) is 17.0 Å². The molecule has 0 saturated carbocycles. The second-order valence-electron chi connectivity index (χ2n) is 3.33. The highest BCUT2D eigenvalue weighted by atomic mass is 79.9. The minimum absolute atomic E-state index is 0.646. The average molecular weight is 298 g/mol. The van der Waals surface area contributed by atoms with E-state index in [1.165, 1.54) is 6.39 Å². The maximum absolute atomic E-state index is 5.38. The van der Waals surface area contributed by atoms with Gasteiger partial charge >= 0.3 is 0 Å². The first kappa shape index (κ1) is 12.0. The Balaban J connectivity index is 2.46. The number of benzene rings is 1. The standard InChI is InChI=1S/C12H12BrNO3/c1-15-10-4-3-8(5-11(10)16-2)12-9(6-13)14-7-17-12/h3-5,7H,6H2,1-2H3. The van der Waals surface area contributed by atoms with Crippen LogP contribution < -0.4 is 9.47 Å². The number of ether oxygens (including phenoxy) is 2. The lowest BCUT2D eigenvalue weighted by molar-refractivity contribution is 0.355. The molecule has 0 amide bonds.